The van der Waals surface area contributed by atoms with Crippen LogP contribution in [0.1, 0.15) is 81.9 Å². The number of alkyl halides is 1. The van der Waals surface area contributed by atoms with E-state index >= 15 is 9.18 Å². The average molecular weight is 886 g/mol. The van der Waals surface area contributed by atoms with E-state index in [1.807, 2.05) is 0 Å². The minimum absolute atomic E-state index is 0.0305. The largest absolute Gasteiger partial charge is 0.456 e. The number of ether oxygens (including phenoxy) is 6. The second kappa shape index (κ2) is 17.5. The van der Waals surface area contributed by atoms with E-state index in [-0.39, 0.29) is 29.9 Å². The molecule has 16 heteroatoms. The van der Waals surface area contributed by atoms with Gasteiger partial charge in [0.2, 0.25) is 0 Å². The number of nitrogens with one attached hydrogen (secondary N) is 1. The highest BCUT2D eigenvalue weighted by atomic mass is 19.1. The van der Waals surface area contributed by atoms with Crippen LogP contribution in [0.5, 0.6) is 0 Å². The molecule has 7 rings (SSSR count). The predicted octanol–water partition coefficient (Wildman–Crippen LogP) is 5.21. The first-order valence-corrected chi connectivity index (χ1v) is 21.0. The number of amides is 1. The number of benzene rings is 3. The van der Waals surface area contributed by atoms with Gasteiger partial charge in [0.25, 0.3) is 0 Å². The molecular weight excluding hydrogens is 834 g/mol. The number of carbonyl (C=O) groups excluding carboxylic acids is 6. The van der Waals surface area contributed by atoms with Crippen molar-refractivity contribution in [3.8, 4) is 0 Å². The van der Waals surface area contributed by atoms with Crippen LogP contribution in [0.25, 0.3) is 0 Å². The van der Waals surface area contributed by atoms with E-state index in [1.165, 1.54) is 39.8 Å². The number of Topliss-reactive ketones (excluding diaryl/α,β-unsaturated/α-hetero) is 1. The van der Waals surface area contributed by atoms with Crippen LogP contribution in [-0.2, 0) is 54.2 Å². The third kappa shape index (κ3) is 7.96. The molecule has 4 aliphatic rings. The molecule has 2 bridgehead atoms. The Morgan fingerprint density at radius 1 is 0.875 bits per heavy atom. The maximum atomic E-state index is 17.2. The van der Waals surface area contributed by atoms with Crippen LogP contribution in [0.2, 0.25) is 0 Å². The summed E-state index contributed by atoms with van der Waals surface area (Å²) in [4.78, 5) is 83.1. The normalized spacial score (nSPS) is 31.2. The van der Waals surface area contributed by atoms with Gasteiger partial charge in [-0.05, 0) is 48.3 Å². The Bertz CT molecular complexity index is 2320. The second-order valence-corrected chi connectivity index (χ2v) is 17.7. The van der Waals surface area contributed by atoms with Gasteiger partial charge in [-0.3, -0.25) is 14.4 Å². The van der Waals surface area contributed by atoms with Crippen molar-refractivity contribution in [2.75, 3.05) is 6.61 Å². The van der Waals surface area contributed by atoms with Gasteiger partial charge in [-0.2, -0.15) is 0 Å². The summed E-state index contributed by atoms with van der Waals surface area (Å²) in [5, 5.41) is 27.9. The van der Waals surface area contributed by atoms with Gasteiger partial charge in [-0.15, -0.1) is 0 Å². The first kappa shape index (κ1) is 46.0. The summed E-state index contributed by atoms with van der Waals surface area (Å²) in [5.74, 6) is -6.72. The van der Waals surface area contributed by atoms with Crippen molar-refractivity contribution in [2.24, 2.45) is 16.7 Å². The Morgan fingerprint density at radius 2 is 1.48 bits per heavy atom. The molecule has 5 unspecified atom stereocenters. The maximum Gasteiger partial charge on any atom is 0.408 e. The summed E-state index contributed by atoms with van der Waals surface area (Å²) >= 11 is 0. The zero-order valence-corrected chi connectivity index (χ0v) is 36.3. The Hall–Kier alpha value is -5.97. The highest BCUT2D eigenvalue weighted by Crippen LogP contribution is 2.65. The molecule has 3 N–H and O–H groups in total. The highest BCUT2D eigenvalue weighted by Gasteiger charge is 2.78. The van der Waals surface area contributed by atoms with E-state index < -0.39 is 119 Å². The summed E-state index contributed by atoms with van der Waals surface area (Å²) < 4.78 is 52.6. The zero-order valence-electron chi connectivity index (χ0n) is 36.3. The molecule has 0 radical (unpaired) electrons. The Morgan fingerprint density at radius 3 is 2.06 bits per heavy atom. The molecule has 1 aliphatic heterocycles. The molecule has 1 heterocycles. The van der Waals surface area contributed by atoms with Crippen LogP contribution in [-0.4, -0.2) is 100 Å². The van der Waals surface area contributed by atoms with Crippen molar-refractivity contribution in [3.05, 3.63) is 119 Å². The van der Waals surface area contributed by atoms with E-state index in [0.717, 1.165) is 13.8 Å². The van der Waals surface area contributed by atoms with E-state index in [0.29, 0.717) is 11.1 Å². The van der Waals surface area contributed by atoms with Gasteiger partial charge < -0.3 is 44.0 Å². The number of alkyl carbamates (subject to hydrolysis) is 1. The number of carbonyl (C=O) groups is 6. The number of halogens is 1. The molecule has 1 saturated heterocycles. The lowest BCUT2D eigenvalue weighted by atomic mass is 9.45. The van der Waals surface area contributed by atoms with E-state index in [9.17, 15) is 34.2 Å². The number of aliphatic hydroxyl groups excluding tert-OH is 1. The van der Waals surface area contributed by atoms with Gasteiger partial charge in [-0.1, -0.05) is 92.7 Å². The van der Waals surface area contributed by atoms with Gasteiger partial charge in [-0.25, -0.2) is 18.8 Å². The van der Waals surface area contributed by atoms with Crippen molar-refractivity contribution >= 4 is 35.8 Å². The van der Waals surface area contributed by atoms with Gasteiger partial charge in [0, 0.05) is 32.1 Å². The predicted molar refractivity (Wildman–Crippen MR) is 222 cm³/mol. The van der Waals surface area contributed by atoms with Crippen LogP contribution >= 0.6 is 0 Å². The molecule has 3 aromatic carbocycles. The fourth-order valence-electron chi connectivity index (χ4n) is 10.2. The Kier molecular flexibility index (Phi) is 12.6. The third-order valence-electron chi connectivity index (χ3n) is 13.6. The number of fused-ring (bicyclic) bond motifs is 5. The average Bonchev–Trinajstić information content (AvgIpc) is 3.26. The van der Waals surface area contributed by atoms with Crippen molar-refractivity contribution in [3.63, 3.8) is 0 Å². The molecule has 0 aromatic heterocycles. The number of rotatable bonds is 11. The second-order valence-electron chi connectivity index (χ2n) is 17.7. The van der Waals surface area contributed by atoms with Crippen LogP contribution in [0.4, 0.5) is 9.18 Å². The lowest BCUT2D eigenvalue weighted by Crippen LogP contribution is -2.81. The summed E-state index contributed by atoms with van der Waals surface area (Å²) in [5.41, 5.74) is -7.27. The quantitative estimate of drug-likeness (QED) is 0.128. The van der Waals surface area contributed by atoms with E-state index in [2.05, 4.69) is 5.32 Å². The van der Waals surface area contributed by atoms with Gasteiger partial charge in [0.1, 0.15) is 36.7 Å². The van der Waals surface area contributed by atoms with Crippen molar-refractivity contribution in [1.82, 2.24) is 5.32 Å². The monoisotopic (exact) mass is 885 g/mol. The number of hydrogen-bond acceptors (Lipinski definition) is 14. The standard InChI is InChI=1S/C48H52FNO14/c1-26-32(62-43(56)37(53)36(30-18-12-8-13-19-30)50-44(57)59-24-29-16-10-7-11-17-29)23-48(58)41(63-42(55)31-20-14-9-15-21-31)39-46(6,33(49)22-34-47(39,25-60-34)64-28(3)52)40(54)38(61-27(2)51)35(26)45(48,4)5/h7-21,32-34,36-39,41,53,58H,22-25H2,1-6H3,(H,50,57)/t32?,33?,34?,36-,37?,38+,39?,41-,46+,47-,48+/m0/s1. The van der Waals surface area contributed by atoms with E-state index in [1.54, 1.807) is 78.9 Å². The smallest absolute Gasteiger partial charge is 0.408 e. The number of hydrogen-bond donors (Lipinski definition) is 3. The van der Waals surface area contributed by atoms with E-state index in [4.69, 9.17) is 28.4 Å². The van der Waals surface area contributed by atoms with Gasteiger partial charge >= 0.3 is 30.0 Å². The molecule has 3 fully saturated rings. The first-order chi connectivity index (χ1) is 30.3. The van der Waals surface area contributed by atoms with Crippen LogP contribution < -0.4 is 5.32 Å². The summed E-state index contributed by atoms with van der Waals surface area (Å²) in [7, 11) is 0. The minimum Gasteiger partial charge on any atom is -0.456 e. The fraction of sp³-hybridized carbons (Fsp3) is 0.458. The first-order valence-electron chi connectivity index (χ1n) is 21.0. The lowest BCUT2D eigenvalue weighted by Gasteiger charge is -2.67. The maximum absolute atomic E-state index is 17.2. The Balaban J connectivity index is 1.34. The number of esters is 4. The Labute approximate surface area is 369 Å². The van der Waals surface area contributed by atoms with Crippen LogP contribution in [0.3, 0.4) is 0 Å². The van der Waals surface area contributed by atoms with Crippen molar-refractivity contribution < 1.29 is 71.8 Å². The number of aliphatic hydroxyl groups is 2. The lowest BCUT2D eigenvalue weighted by molar-refractivity contribution is -0.341. The number of ketones is 1. The molecule has 3 aliphatic carbocycles. The summed E-state index contributed by atoms with van der Waals surface area (Å²) in [6.45, 7) is 7.47. The van der Waals surface area contributed by atoms with Crippen LogP contribution in [0, 0.1) is 16.7 Å². The molecule has 3 aromatic rings. The van der Waals surface area contributed by atoms with Gasteiger partial charge in [0.05, 0.1) is 29.5 Å². The molecule has 2 saturated carbocycles. The van der Waals surface area contributed by atoms with Crippen molar-refractivity contribution in [1.29, 1.82) is 0 Å². The molecule has 11 atom stereocenters. The fourth-order valence-corrected chi connectivity index (χ4v) is 10.2. The third-order valence-corrected chi connectivity index (χ3v) is 13.6. The zero-order chi connectivity index (χ0) is 46.4. The van der Waals surface area contributed by atoms with Crippen molar-refractivity contribution in [2.45, 2.75) is 115 Å². The molecule has 1 amide bonds. The molecule has 64 heavy (non-hydrogen) atoms. The topological polar surface area (TPSA) is 210 Å². The molecule has 340 valence electrons. The summed E-state index contributed by atoms with van der Waals surface area (Å²) in [6.07, 6.45) is -12.7. The molecule has 0 spiro atoms. The minimum atomic E-state index is -2.46. The SMILES string of the molecule is CC(=O)O[C@H]1C(=O)[C@]2(C)C(F)CC3OC[C@@]3(OC(C)=O)C2[C@H](OC(=O)c2ccccc2)[C@]2(O)CC(OC(=O)C(O)[C@@H](NC(=O)OCc3ccccc3)c3ccccc3)C(C)=C1C2(C)C. The van der Waals surface area contributed by atoms with Gasteiger partial charge in [0.15, 0.2) is 23.6 Å². The molecule has 15 nitrogen and oxygen atoms in total. The molecular formula is C48H52FNO14. The van der Waals surface area contributed by atoms with Crippen LogP contribution in [0.15, 0.2) is 102 Å². The highest BCUT2D eigenvalue weighted by molar-refractivity contribution is 5.95. The summed E-state index contributed by atoms with van der Waals surface area (Å²) in [6, 6.07) is 23.2.